The van der Waals surface area contributed by atoms with E-state index in [-0.39, 0.29) is 5.54 Å². The zero-order valence-corrected chi connectivity index (χ0v) is 14.3. The summed E-state index contributed by atoms with van der Waals surface area (Å²) in [5.74, 6) is 1.79. The Morgan fingerprint density at radius 2 is 2.00 bits per heavy atom. The number of likely N-dealkylation sites (N-methyl/N-ethyl adjacent to an activating group) is 1. The Labute approximate surface area is 129 Å². The van der Waals surface area contributed by atoms with Crippen LogP contribution in [-0.2, 0) is 6.54 Å². The summed E-state index contributed by atoms with van der Waals surface area (Å²) in [6.07, 6.45) is 2.00. The van der Waals surface area contributed by atoms with Crippen LogP contribution >= 0.6 is 0 Å². The third-order valence-corrected chi connectivity index (χ3v) is 4.19. The first-order valence-electron chi connectivity index (χ1n) is 7.87. The molecule has 118 valence electrons. The largest absolute Gasteiger partial charge is 0.355 e. The molecule has 1 aliphatic heterocycles. The lowest BCUT2D eigenvalue weighted by Crippen LogP contribution is -2.35. The standard InChI is InChI=1S/C17H30N4/c1-13-11-21(12-15(13)20(5)6)16-8-7-14(9-18-16)10-19-17(2,3)4/h7-9,13,15,19H,10-12H2,1-6H3. The molecule has 1 N–H and O–H groups in total. The fraction of sp³-hybridized carbons (Fsp3) is 0.706. The van der Waals surface area contributed by atoms with Crippen LogP contribution in [0.5, 0.6) is 0 Å². The number of hydrogen-bond acceptors (Lipinski definition) is 4. The predicted octanol–water partition coefficient (Wildman–Crippen LogP) is 2.36. The average Bonchev–Trinajstić information content (AvgIpc) is 2.78. The molecule has 2 heterocycles. The van der Waals surface area contributed by atoms with Crippen molar-refractivity contribution < 1.29 is 0 Å². The molecule has 0 saturated carbocycles. The molecule has 1 fully saturated rings. The van der Waals surface area contributed by atoms with Crippen LogP contribution in [-0.4, -0.2) is 48.6 Å². The van der Waals surface area contributed by atoms with E-state index < -0.39 is 0 Å². The van der Waals surface area contributed by atoms with Crippen molar-refractivity contribution in [3.63, 3.8) is 0 Å². The van der Waals surface area contributed by atoms with Crippen molar-refractivity contribution in [2.45, 2.75) is 45.8 Å². The van der Waals surface area contributed by atoms with E-state index in [0.717, 1.165) is 25.5 Å². The minimum atomic E-state index is 0.141. The summed E-state index contributed by atoms with van der Waals surface area (Å²) in [6.45, 7) is 11.9. The van der Waals surface area contributed by atoms with Crippen LogP contribution in [0.3, 0.4) is 0 Å². The molecule has 4 nitrogen and oxygen atoms in total. The second-order valence-corrected chi connectivity index (χ2v) is 7.54. The topological polar surface area (TPSA) is 31.4 Å². The highest BCUT2D eigenvalue weighted by Gasteiger charge is 2.31. The molecule has 0 amide bonds. The molecule has 2 unspecified atom stereocenters. The van der Waals surface area contributed by atoms with E-state index in [0.29, 0.717) is 12.0 Å². The lowest BCUT2D eigenvalue weighted by atomic mass is 10.1. The highest BCUT2D eigenvalue weighted by atomic mass is 15.3. The molecule has 21 heavy (non-hydrogen) atoms. The van der Waals surface area contributed by atoms with Gasteiger partial charge >= 0.3 is 0 Å². The summed E-state index contributed by atoms with van der Waals surface area (Å²) < 4.78 is 0. The van der Waals surface area contributed by atoms with Crippen LogP contribution in [0.25, 0.3) is 0 Å². The van der Waals surface area contributed by atoms with Gasteiger partial charge in [0.1, 0.15) is 5.82 Å². The van der Waals surface area contributed by atoms with Crippen molar-refractivity contribution in [1.29, 1.82) is 0 Å². The van der Waals surface area contributed by atoms with Gasteiger partial charge in [0.15, 0.2) is 0 Å². The van der Waals surface area contributed by atoms with Crippen molar-refractivity contribution in [3.05, 3.63) is 23.9 Å². The van der Waals surface area contributed by atoms with Crippen molar-refractivity contribution in [2.24, 2.45) is 5.92 Å². The Kier molecular flexibility index (Phi) is 4.89. The van der Waals surface area contributed by atoms with Gasteiger partial charge in [0.05, 0.1) is 0 Å². The van der Waals surface area contributed by atoms with E-state index >= 15 is 0 Å². The minimum absolute atomic E-state index is 0.141. The number of hydrogen-bond donors (Lipinski definition) is 1. The second-order valence-electron chi connectivity index (χ2n) is 7.54. The Balaban J connectivity index is 1.97. The summed E-state index contributed by atoms with van der Waals surface area (Å²) in [5, 5.41) is 3.50. The predicted molar refractivity (Wildman–Crippen MR) is 89.7 cm³/mol. The zero-order chi connectivity index (χ0) is 15.6. The molecule has 1 aromatic rings. The van der Waals surface area contributed by atoms with Gasteiger partial charge in [-0.25, -0.2) is 4.98 Å². The average molecular weight is 290 g/mol. The van der Waals surface area contributed by atoms with Gasteiger partial charge in [-0.2, -0.15) is 0 Å². The van der Waals surface area contributed by atoms with Gasteiger partial charge in [0.25, 0.3) is 0 Å². The van der Waals surface area contributed by atoms with Crippen LogP contribution < -0.4 is 10.2 Å². The molecule has 2 atom stereocenters. The molecular weight excluding hydrogens is 260 g/mol. The molecule has 0 aliphatic carbocycles. The molecule has 2 rings (SSSR count). The molecule has 4 heteroatoms. The highest BCUT2D eigenvalue weighted by Crippen LogP contribution is 2.24. The first-order chi connectivity index (χ1) is 9.76. The highest BCUT2D eigenvalue weighted by molar-refractivity contribution is 5.41. The van der Waals surface area contributed by atoms with Gasteiger partial charge in [0, 0.05) is 37.4 Å². The monoisotopic (exact) mass is 290 g/mol. The van der Waals surface area contributed by atoms with Gasteiger partial charge in [-0.1, -0.05) is 13.0 Å². The maximum Gasteiger partial charge on any atom is 0.128 e. The Hall–Kier alpha value is -1.13. The number of aromatic nitrogens is 1. The normalized spacial score (nSPS) is 23.1. The maximum atomic E-state index is 4.66. The summed E-state index contributed by atoms with van der Waals surface area (Å²) in [7, 11) is 4.33. The smallest absolute Gasteiger partial charge is 0.128 e. The Morgan fingerprint density at radius 1 is 1.29 bits per heavy atom. The van der Waals surface area contributed by atoms with E-state index in [1.54, 1.807) is 0 Å². The van der Waals surface area contributed by atoms with Gasteiger partial charge in [-0.05, 0) is 52.4 Å². The maximum absolute atomic E-state index is 4.66. The summed E-state index contributed by atoms with van der Waals surface area (Å²) >= 11 is 0. The first-order valence-corrected chi connectivity index (χ1v) is 7.87. The SMILES string of the molecule is CC1CN(c2ccc(CNC(C)(C)C)cn2)CC1N(C)C. The summed E-state index contributed by atoms with van der Waals surface area (Å²) in [4.78, 5) is 9.38. The molecule has 0 aromatic carbocycles. The number of pyridine rings is 1. The van der Waals surface area contributed by atoms with E-state index in [1.807, 2.05) is 6.20 Å². The van der Waals surface area contributed by atoms with Gasteiger partial charge in [-0.3, -0.25) is 0 Å². The van der Waals surface area contributed by atoms with Crippen molar-refractivity contribution in [2.75, 3.05) is 32.1 Å². The van der Waals surface area contributed by atoms with Crippen molar-refractivity contribution in [1.82, 2.24) is 15.2 Å². The zero-order valence-electron chi connectivity index (χ0n) is 14.3. The third-order valence-electron chi connectivity index (χ3n) is 4.19. The van der Waals surface area contributed by atoms with Crippen molar-refractivity contribution in [3.8, 4) is 0 Å². The molecular formula is C17H30N4. The van der Waals surface area contributed by atoms with Gasteiger partial charge in [0.2, 0.25) is 0 Å². The molecule has 1 aliphatic rings. The molecule has 1 aromatic heterocycles. The lowest BCUT2D eigenvalue weighted by Gasteiger charge is -2.23. The number of rotatable bonds is 4. The minimum Gasteiger partial charge on any atom is -0.355 e. The van der Waals surface area contributed by atoms with E-state index in [2.05, 4.69) is 74.0 Å². The molecule has 0 radical (unpaired) electrons. The number of anilines is 1. The Bertz CT molecular complexity index is 447. The Morgan fingerprint density at radius 3 is 2.48 bits per heavy atom. The van der Waals surface area contributed by atoms with E-state index in [1.165, 1.54) is 5.56 Å². The number of nitrogens with zero attached hydrogens (tertiary/aromatic N) is 3. The summed E-state index contributed by atoms with van der Waals surface area (Å²) in [5.41, 5.74) is 1.38. The van der Waals surface area contributed by atoms with Crippen LogP contribution in [0.2, 0.25) is 0 Å². The molecule has 1 saturated heterocycles. The van der Waals surface area contributed by atoms with Crippen LogP contribution in [0.15, 0.2) is 18.3 Å². The van der Waals surface area contributed by atoms with Crippen LogP contribution in [0.4, 0.5) is 5.82 Å². The second kappa shape index (κ2) is 6.32. The van der Waals surface area contributed by atoms with E-state index in [9.17, 15) is 0 Å². The number of nitrogens with one attached hydrogen (secondary N) is 1. The first kappa shape index (κ1) is 16.2. The fourth-order valence-corrected chi connectivity index (χ4v) is 2.88. The van der Waals surface area contributed by atoms with Crippen LogP contribution in [0, 0.1) is 5.92 Å². The van der Waals surface area contributed by atoms with Crippen LogP contribution in [0.1, 0.15) is 33.3 Å². The fourth-order valence-electron chi connectivity index (χ4n) is 2.88. The molecule has 0 bridgehead atoms. The lowest BCUT2D eigenvalue weighted by molar-refractivity contribution is 0.266. The van der Waals surface area contributed by atoms with Gasteiger partial charge in [-0.15, -0.1) is 0 Å². The summed E-state index contributed by atoms with van der Waals surface area (Å²) in [6, 6.07) is 4.97. The third kappa shape index (κ3) is 4.42. The molecule has 0 spiro atoms. The van der Waals surface area contributed by atoms with Gasteiger partial charge < -0.3 is 15.1 Å². The van der Waals surface area contributed by atoms with Crippen molar-refractivity contribution >= 4 is 5.82 Å². The van der Waals surface area contributed by atoms with E-state index in [4.69, 9.17) is 0 Å². The quantitative estimate of drug-likeness (QED) is 0.922.